The standard InChI is InChI=1S/C23H21N7O2S/c1-5-25-17-8-6-7-14-19(17)18(10-15(20(14)31)23(32)30(3)4)27-28-22-16-9-13(11-24)12(2)26-21(16)29-33-22/h6-10,25,31H,5H2,1-4H3/b28-27+. The zero-order valence-electron chi connectivity index (χ0n) is 18.5. The second-order valence-electron chi connectivity index (χ2n) is 7.54. The van der Waals surface area contributed by atoms with Crippen molar-refractivity contribution in [2.45, 2.75) is 13.8 Å². The van der Waals surface area contributed by atoms with E-state index in [0.29, 0.717) is 50.3 Å². The molecule has 0 atom stereocenters. The number of phenols is 1. The normalized spacial score (nSPS) is 11.2. The third kappa shape index (κ3) is 3.94. The molecule has 4 aromatic rings. The Bertz CT molecular complexity index is 1470. The van der Waals surface area contributed by atoms with Crippen LogP contribution >= 0.6 is 11.5 Å². The van der Waals surface area contributed by atoms with Gasteiger partial charge in [-0.15, -0.1) is 10.2 Å². The number of benzene rings is 2. The zero-order chi connectivity index (χ0) is 23.7. The lowest BCUT2D eigenvalue weighted by Gasteiger charge is -2.16. The van der Waals surface area contributed by atoms with Crippen molar-refractivity contribution in [2.75, 3.05) is 26.0 Å². The number of hydrogen-bond acceptors (Lipinski definition) is 9. The maximum Gasteiger partial charge on any atom is 0.257 e. The van der Waals surface area contributed by atoms with Crippen molar-refractivity contribution in [3.8, 4) is 11.8 Å². The number of nitrogens with one attached hydrogen (secondary N) is 1. The number of aryl methyl sites for hydroxylation is 1. The van der Waals surface area contributed by atoms with Gasteiger partial charge in [0.2, 0.25) is 0 Å². The number of carbonyl (C=O) groups excluding carboxylic acids is 1. The monoisotopic (exact) mass is 459 g/mol. The maximum absolute atomic E-state index is 12.7. The summed E-state index contributed by atoms with van der Waals surface area (Å²) in [5.41, 5.74) is 2.87. The van der Waals surface area contributed by atoms with Gasteiger partial charge in [-0.2, -0.15) is 9.64 Å². The summed E-state index contributed by atoms with van der Waals surface area (Å²) in [4.78, 5) is 18.5. The topological polar surface area (TPSA) is 127 Å². The third-order valence-corrected chi connectivity index (χ3v) is 5.87. The number of azo groups is 1. The highest BCUT2D eigenvalue weighted by Crippen LogP contribution is 2.42. The van der Waals surface area contributed by atoms with Gasteiger partial charge in [-0.25, -0.2) is 4.98 Å². The number of anilines is 1. The number of nitriles is 1. The number of rotatable bonds is 5. The van der Waals surface area contributed by atoms with Gasteiger partial charge in [0.1, 0.15) is 11.8 Å². The van der Waals surface area contributed by atoms with E-state index in [1.54, 1.807) is 39.2 Å². The number of amides is 1. The van der Waals surface area contributed by atoms with E-state index in [2.05, 4.69) is 31.0 Å². The molecule has 2 aromatic carbocycles. The number of aromatic hydroxyl groups is 1. The van der Waals surface area contributed by atoms with Crippen LogP contribution in [-0.4, -0.2) is 45.9 Å². The van der Waals surface area contributed by atoms with E-state index >= 15 is 0 Å². The fraction of sp³-hybridized carbons (Fsp3) is 0.217. The molecule has 9 nitrogen and oxygen atoms in total. The van der Waals surface area contributed by atoms with Crippen LogP contribution in [0.2, 0.25) is 0 Å². The van der Waals surface area contributed by atoms with Crippen molar-refractivity contribution in [2.24, 2.45) is 10.2 Å². The molecule has 166 valence electrons. The molecule has 10 heteroatoms. The summed E-state index contributed by atoms with van der Waals surface area (Å²) >= 11 is 1.13. The van der Waals surface area contributed by atoms with Crippen LogP contribution in [0.3, 0.4) is 0 Å². The molecule has 0 unspecified atom stereocenters. The first kappa shape index (κ1) is 22.1. The lowest BCUT2D eigenvalue weighted by molar-refractivity contribution is 0.0825. The number of fused-ring (bicyclic) bond motifs is 2. The summed E-state index contributed by atoms with van der Waals surface area (Å²) in [5.74, 6) is -0.453. The van der Waals surface area contributed by atoms with E-state index < -0.39 is 0 Å². The van der Waals surface area contributed by atoms with Crippen LogP contribution in [0.1, 0.15) is 28.5 Å². The average Bonchev–Trinajstić information content (AvgIpc) is 3.19. The Morgan fingerprint density at radius 1 is 1.27 bits per heavy atom. The van der Waals surface area contributed by atoms with Crippen LogP contribution in [-0.2, 0) is 0 Å². The minimum absolute atomic E-state index is 0.107. The van der Waals surface area contributed by atoms with Gasteiger partial charge < -0.3 is 15.3 Å². The highest BCUT2D eigenvalue weighted by atomic mass is 32.1. The fourth-order valence-electron chi connectivity index (χ4n) is 3.51. The molecule has 2 aromatic heterocycles. The number of carbonyl (C=O) groups is 1. The Morgan fingerprint density at radius 3 is 2.76 bits per heavy atom. The van der Waals surface area contributed by atoms with Crippen molar-refractivity contribution >= 4 is 55.6 Å². The van der Waals surface area contributed by atoms with Gasteiger partial charge in [0, 0.05) is 37.1 Å². The molecule has 2 N–H and O–H groups in total. The van der Waals surface area contributed by atoms with Crippen LogP contribution in [0.25, 0.3) is 21.8 Å². The predicted molar refractivity (Wildman–Crippen MR) is 129 cm³/mol. The largest absolute Gasteiger partial charge is 0.506 e. The van der Waals surface area contributed by atoms with Gasteiger partial charge >= 0.3 is 0 Å². The highest BCUT2D eigenvalue weighted by molar-refractivity contribution is 7.11. The first-order chi connectivity index (χ1) is 15.8. The highest BCUT2D eigenvalue weighted by Gasteiger charge is 2.20. The molecule has 0 spiro atoms. The molecule has 0 aliphatic carbocycles. The Labute approximate surface area is 194 Å². The molecule has 0 aliphatic heterocycles. The van der Waals surface area contributed by atoms with Gasteiger partial charge in [-0.1, -0.05) is 12.1 Å². The van der Waals surface area contributed by atoms with Crippen molar-refractivity contribution in [3.05, 3.63) is 47.2 Å². The van der Waals surface area contributed by atoms with E-state index in [4.69, 9.17) is 0 Å². The molecule has 0 bridgehead atoms. The number of phenolic OH excluding ortho intramolecular Hbond substituents is 1. The lowest BCUT2D eigenvalue weighted by Crippen LogP contribution is -2.21. The predicted octanol–water partition coefficient (Wildman–Crippen LogP) is 5.28. The van der Waals surface area contributed by atoms with E-state index in [1.807, 2.05) is 13.0 Å². The van der Waals surface area contributed by atoms with E-state index in [0.717, 1.165) is 17.2 Å². The Morgan fingerprint density at radius 2 is 2.06 bits per heavy atom. The molecule has 0 aliphatic rings. The van der Waals surface area contributed by atoms with Crippen LogP contribution in [0.5, 0.6) is 5.75 Å². The van der Waals surface area contributed by atoms with Crippen molar-refractivity contribution in [1.82, 2.24) is 14.3 Å². The van der Waals surface area contributed by atoms with E-state index in [-0.39, 0.29) is 17.2 Å². The number of hydrogen-bond donors (Lipinski definition) is 2. The molecule has 2 heterocycles. The fourth-order valence-corrected chi connectivity index (χ4v) is 4.15. The smallest absolute Gasteiger partial charge is 0.257 e. The summed E-state index contributed by atoms with van der Waals surface area (Å²) in [6.07, 6.45) is 0. The molecular weight excluding hydrogens is 438 g/mol. The minimum Gasteiger partial charge on any atom is -0.506 e. The second kappa shape index (κ2) is 8.80. The summed E-state index contributed by atoms with van der Waals surface area (Å²) in [6, 6.07) is 10.8. The van der Waals surface area contributed by atoms with Crippen LogP contribution < -0.4 is 5.32 Å². The Hall–Kier alpha value is -4.10. The summed E-state index contributed by atoms with van der Waals surface area (Å²) in [7, 11) is 3.24. The summed E-state index contributed by atoms with van der Waals surface area (Å²) in [5, 5.41) is 34.6. The van der Waals surface area contributed by atoms with Gasteiger partial charge in [0.25, 0.3) is 5.91 Å². The number of pyridine rings is 1. The van der Waals surface area contributed by atoms with Gasteiger partial charge in [0.15, 0.2) is 10.6 Å². The molecule has 0 fully saturated rings. The summed E-state index contributed by atoms with van der Waals surface area (Å²) in [6.45, 7) is 4.39. The number of aromatic nitrogens is 2. The Balaban J connectivity index is 1.94. The minimum atomic E-state index is -0.346. The summed E-state index contributed by atoms with van der Waals surface area (Å²) < 4.78 is 4.31. The van der Waals surface area contributed by atoms with E-state index in [9.17, 15) is 15.2 Å². The van der Waals surface area contributed by atoms with Gasteiger partial charge in [-0.3, -0.25) is 4.79 Å². The van der Waals surface area contributed by atoms with Crippen molar-refractivity contribution in [3.63, 3.8) is 0 Å². The van der Waals surface area contributed by atoms with Crippen molar-refractivity contribution in [1.29, 1.82) is 5.26 Å². The molecule has 33 heavy (non-hydrogen) atoms. The van der Waals surface area contributed by atoms with Crippen LogP contribution in [0.15, 0.2) is 40.6 Å². The second-order valence-corrected chi connectivity index (χ2v) is 8.29. The molecule has 4 rings (SSSR count). The average molecular weight is 460 g/mol. The van der Waals surface area contributed by atoms with Gasteiger partial charge in [0.05, 0.1) is 27.9 Å². The molecule has 0 saturated heterocycles. The SMILES string of the molecule is CCNc1cccc2c(O)c(C(=O)N(C)C)cc(/N=N/c3snc4nc(C)c(C#N)cc34)c12. The number of nitrogens with zero attached hydrogens (tertiary/aromatic N) is 6. The quantitative estimate of drug-likeness (QED) is 0.391. The van der Waals surface area contributed by atoms with Crippen LogP contribution in [0, 0.1) is 18.3 Å². The van der Waals surface area contributed by atoms with Crippen LogP contribution in [0.4, 0.5) is 16.4 Å². The molecule has 0 saturated carbocycles. The third-order valence-electron chi connectivity index (χ3n) is 5.13. The first-order valence-electron chi connectivity index (χ1n) is 10.2. The first-order valence-corrected chi connectivity index (χ1v) is 11.0. The molecule has 0 radical (unpaired) electrons. The Kier molecular flexibility index (Phi) is 5.89. The maximum atomic E-state index is 12.7. The van der Waals surface area contributed by atoms with E-state index in [1.165, 1.54) is 11.0 Å². The van der Waals surface area contributed by atoms with Crippen molar-refractivity contribution < 1.29 is 9.90 Å². The lowest BCUT2D eigenvalue weighted by atomic mass is 10.0. The molecular formula is C23H21N7O2S. The van der Waals surface area contributed by atoms with Gasteiger partial charge in [-0.05, 0) is 43.6 Å². The molecule has 1 amide bonds. The zero-order valence-corrected chi connectivity index (χ0v) is 19.4.